The van der Waals surface area contributed by atoms with Crippen LogP contribution in [0.15, 0.2) is 54.6 Å². The zero-order valence-electron chi connectivity index (χ0n) is 21.2. The first-order valence-corrected chi connectivity index (χ1v) is 11.7. The summed E-state index contributed by atoms with van der Waals surface area (Å²) in [6.07, 6.45) is 8.71. The van der Waals surface area contributed by atoms with Crippen LogP contribution in [0.1, 0.15) is 36.7 Å². The summed E-state index contributed by atoms with van der Waals surface area (Å²) in [7, 11) is 1.35. The number of esters is 1. The molecule has 0 saturated heterocycles. The zero-order valence-corrected chi connectivity index (χ0v) is 21.2. The lowest BCUT2D eigenvalue weighted by Crippen LogP contribution is -2.37. The Labute approximate surface area is 216 Å². The Morgan fingerprint density at radius 3 is 2.49 bits per heavy atom. The molecular formula is C31H26N2O4. The molecule has 0 spiro atoms. The number of amides is 1. The van der Waals surface area contributed by atoms with E-state index < -0.39 is 17.7 Å². The molecule has 4 rings (SSSR count). The maximum Gasteiger partial charge on any atom is 0.415 e. The summed E-state index contributed by atoms with van der Waals surface area (Å²) in [5, 5.41) is 0.838. The Bertz CT molecular complexity index is 1590. The Kier molecular flexibility index (Phi) is 7.10. The molecule has 6 heteroatoms. The van der Waals surface area contributed by atoms with Crippen LogP contribution in [0.4, 0.5) is 10.5 Å². The van der Waals surface area contributed by atoms with Crippen molar-refractivity contribution < 1.29 is 19.1 Å². The Morgan fingerprint density at radius 2 is 1.76 bits per heavy atom. The second-order valence-corrected chi connectivity index (χ2v) is 9.28. The first kappa shape index (κ1) is 25.2. The minimum Gasteiger partial charge on any atom is -0.465 e. The first-order chi connectivity index (χ1) is 17.7. The predicted octanol–water partition coefficient (Wildman–Crippen LogP) is 5.39. The summed E-state index contributed by atoms with van der Waals surface area (Å²) < 4.78 is 12.7. The third kappa shape index (κ3) is 5.22. The Hall–Kier alpha value is -4.86. The smallest absolute Gasteiger partial charge is 0.415 e. The van der Waals surface area contributed by atoms with Crippen LogP contribution in [0.3, 0.4) is 0 Å². The van der Waals surface area contributed by atoms with Crippen LogP contribution >= 0.6 is 0 Å². The monoisotopic (exact) mass is 490 g/mol. The highest BCUT2D eigenvalue weighted by Crippen LogP contribution is 2.40. The molecule has 1 aliphatic heterocycles. The van der Waals surface area contributed by atoms with Gasteiger partial charge >= 0.3 is 12.1 Å². The van der Waals surface area contributed by atoms with Gasteiger partial charge in [-0.2, -0.15) is 0 Å². The highest BCUT2D eigenvalue weighted by molar-refractivity contribution is 6.03. The second kappa shape index (κ2) is 10.4. The largest absolute Gasteiger partial charge is 0.465 e. The van der Waals surface area contributed by atoms with Gasteiger partial charge in [-0.3, -0.25) is 4.90 Å². The van der Waals surface area contributed by atoms with E-state index in [1.807, 2.05) is 63.3 Å². The van der Waals surface area contributed by atoms with Gasteiger partial charge < -0.3 is 14.0 Å². The molecule has 1 amide bonds. The number of carbonyl (C=O) groups excluding carboxylic acids is 2. The quantitative estimate of drug-likeness (QED) is 0.261. The van der Waals surface area contributed by atoms with Crippen molar-refractivity contribution in [3.05, 3.63) is 65.7 Å². The van der Waals surface area contributed by atoms with E-state index in [9.17, 15) is 9.59 Å². The van der Waals surface area contributed by atoms with Gasteiger partial charge in [-0.15, -0.1) is 6.42 Å². The fourth-order valence-electron chi connectivity index (χ4n) is 4.21. The Balaban J connectivity index is 2.05. The number of hydrogen-bond acceptors (Lipinski definition) is 4. The molecule has 0 saturated carbocycles. The van der Waals surface area contributed by atoms with Crippen LogP contribution in [-0.2, 0) is 16.0 Å². The number of rotatable bonds is 1. The highest BCUT2D eigenvalue weighted by Gasteiger charge is 2.28. The molecule has 6 nitrogen and oxygen atoms in total. The average Bonchev–Trinajstić information content (AvgIpc) is 3.20. The standard InChI is InChI=1S/C31H26N2O4/c1-6-7-8-9-14-24-23-18-17-22(29(34)36-5)21-27(23)32-19-12-13-20-33(30(35)37-31(2,3)4)26-16-11-10-15-25(26)28(24)32/h1,10-13,15-18,21H,19-20H2,2-5H3. The number of para-hydroxylation sites is 1. The summed E-state index contributed by atoms with van der Waals surface area (Å²) in [5.74, 6) is 13.0. The number of benzene rings is 2. The average molecular weight is 491 g/mol. The topological polar surface area (TPSA) is 60.8 Å². The zero-order chi connectivity index (χ0) is 26.6. The number of fused-ring (bicyclic) bond motifs is 5. The lowest BCUT2D eigenvalue weighted by molar-refractivity contribution is 0.0580. The van der Waals surface area contributed by atoms with Crippen molar-refractivity contribution in [1.82, 2.24) is 4.57 Å². The van der Waals surface area contributed by atoms with Gasteiger partial charge in [0.15, 0.2) is 0 Å². The van der Waals surface area contributed by atoms with Crippen molar-refractivity contribution in [2.75, 3.05) is 18.6 Å². The van der Waals surface area contributed by atoms with E-state index in [4.69, 9.17) is 15.9 Å². The maximum absolute atomic E-state index is 13.3. The molecule has 1 aliphatic rings. The van der Waals surface area contributed by atoms with Crippen molar-refractivity contribution in [1.29, 1.82) is 0 Å². The van der Waals surface area contributed by atoms with Gasteiger partial charge in [0, 0.05) is 24.0 Å². The summed E-state index contributed by atoms with van der Waals surface area (Å²) in [6.45, 7) is 6.33. The molecule has 1 aromatic heterocycles. The molecule has 0 atom stereocenters. The SMILES string of the molecule is C#CC#CC#Cc1c2n(c3cc(C(=O)OC)ccc13)CC=CCN(C(=O)OC(C)(C)C)c1ccccc1-2. The molecule has 3 aromatic rings. The molecule has 0 radical (unpaired) electrons. The van der Waals surface area contributed by atoms with Crippen molar-refractivity contribution in [3.8, 4) is 47.3 Å². The highest BCUT2D eigenvalue weighted by atomic mass is 16.6. The molecule has 2 aromatic carbocycles. The van der Waals surface area contributed by atoms with Gasteiger partial charge in [-0.05, 0) is 68.6 Å². The molecule has 0 unspecified atom stereocenters. The second-order valence-electron chi connectivity index (χ2n) is 9.28. The maximum atomic E-state index is 13.3. The van der Waals surface area contributed by atoms with Crippen LogP contribution in [-0.4, -0.2) is 35.9 Å². The number of allylic oxidation sites excluding steroid dienone is 1. The van der Waals surface area contributed by atoms with Crippen molar-refractivity contribution in [2.24, 2.45) is 0 Å². The molecular weight excluding hydrogens is 464 g/mol. The molecule has 0 aliphatic carbocycles. The number of aromatic nitrogens is 1. The van der Waals surface area contributed by atoms with E-state index in [0.29, 0.717) is 29.9 Å². The lowest BCUT2D eigenvalue weighted by Gasteiger charge is -2.28. The Morgan fingerprint density at radius 1 is 1.00 bits per heavy atom. The first-order valence-electron chi connectivity index (χ1n) is 11.7. The van der Waals surface area contributed by atoms with Gasteiger partial charge in [0.05, 0.1) is 35.1 Å². The minimum atomic E-state index is -0.653. The molecule has 184 valence electrons. The summed E-state index contributed by atoms with van der Waals surface area (Å²) in [5.41, 5.74) is 3.55. The number of hydrogen-bond donors (Lipinski definition) is 0. The number of anilines is 1. The van der Waals surface area contributed by atoms with E-state index in [2.05, 4.69) is 34.2 Å². The molecule has 2 heterocycles. The van der Waals surface area contributed by atoms with E-state index in [1.165, 1.54) is 7.11 Å². The summed E-state index contributed by atoms with van der Waals surface area (Å²) >= 11 is 0. The van der Waals surface area contributed by atoms with E-state index >= 15 is 0 Å². The van der Waals surface area contributed by atoms with Gasteiger partial charge in [-0.1, -0.05) is 36.4 Å². The normalized spacial score (nSPS) is 12.2. The van der Waals surface area contributed by atoms with Crippen LogP contribution in [0.5, 0.6) is 0 Å². The number of ether oxygens (including phenoxy) is 2. The van der Waals surface area contributed by atoms with E-state index in [-0.39, 0.29) is 0 Å². The van der Waals surface area contributed by atoms with Crippen molar-refractivity contribution >= 4 is 28.7 Å². The van der Waals surface area contributed by atoms with Crippen LogP contribution in [0, 0.1) is 36.0 Å². The van der Waals surface area contributed by atoms with Gasteiger partial charge in [0.1, 0.15) is 5.60 Å². The van der Waals surface area contributed by atoms with Gasteiger partial charge in [0.2, 0.25) is 0 Å². The fraction of sp³-hybridized carbons (Fsp3) is 0.226. The molecule has 0 bridgehead atoms. The fourth-order valence-corrected chi connectivity index (χ4v) is 4.21. The van der Waals surface area contributed by atoms with E-state index in [0.717, 1.165) is 22.2 Å². The minimum absolute atomic E-state index is 0.330. The number of nitrogens with zero attached hydrogens (tertiary/aromatic N) is 2. The van der Waals surface area contributed by atoms with Crippen LogP contribution in [0.25, 0.3) is 22.2 Å². The van der Waals surface area contributed by atoms with Crippen LogP contribution in [0.2, 0.25) is 0 Å². The summed E-state index contributed by atoms with van der Waals surface area (Å²) in [4.78, 5) is 27.2. The molecule has 0 N–H and O–H groups in total. The number of carbonyl (C=O) groups is 2. The van der Waals surface area contributed by atoms with Crippen LogP contribution < -0.4 is 4.90 Å². The van der Waals surface area contributed by atoms with E-state index in [1.54, 1.807) is 17.0 Å². The predicted molar refractivity (Wildman–Crippen MR) is 145 cm³/mol. The number of methoxy groups -OCH3 is 1. The van der Waals surface area contributed by atoms with Crippen molar-refractivity contribution in [2.45, 2.75) is 32.9 Å². The lowest BCUT2D eigenvalue weighted by atomic mass is 10.0. The molecule has 37 heavy (non-hydrogen) atoms. The number of terminal acetylenes is 1. The third-order valence-electron chi connectivity index (χ3n) is 5.68. The van der Waals surface area contributed by atoms with Gasteiger partial charge in [-0.25, -0.2) is 9.59 Å². The molecule has 0 fully saturated rings. The summed E-state index contributed by atoms with van der Waals surface area (Å²) in [6, 6.07) is 13.0. The third-order valence-corrected chi connectivity index (χ3v) is 5.68. The van der Waals surface area contributed by atoms with Crippen molar-refractivity contribution in [3.63, 3.8) is 0 Å². The van der Waals surface area contributed by atoms with Gasteiger partial charge in [0.25, 0.3) is 0 Å².